The summed E-state index contributed by atoms with van der Waals surface area (Å²) in [6.07, 6.45) is 2.32. The molecule has 1 saturated heterocycles. The van der Waals surface area contributed by atoms with Crippen LogP contribution in [0.1, 0.15) is 6.92 Å². The van der Waals surface area contributed by atoms with E-state index in [9.17, 15) is 0 Å². The fraction of sp³-hybridized carbons (Fsp3) is 0.889. The van der Waals surface area contributed by atoms with Crippen LogP contribution in [0.15, 0.2) is 5.10 Å². The SMILES string of the molecule is CC1C([C@H]2CNCCO2)C=NN1C. The van der Waals surface area contributed by atoms with Crippen molar-refractivity contribution in [3.63, 3.8) is 0 Å². The van der Waals surface area contributed by atoms with E-state index in [1.807, 2.05) is 18.3 Å². The number of hydrazone groups is 1. The largest absolute Gasteiger partial charge is 0.375 e. The highest BCUT2D eigenvalue weighted by Gasteiger charge is 2.33. The molecule has 0 amide bonds. The molecular weight excluding hydrogens is 166 g/mol. The topological polar surface area (TPSA) is 36.9 Å². The Labute approximate surface area is 78.9 Å². The van der Waals surface area contributed by atoms with Gasteiger partial charge in [0.1, 0.15) is 0 Å². The molecule has 3 atom stereocenters. The van der Waals surface area contributed by atoms with E-state index in [0.29, 0.717) is 18.1 Å². The maximum atomic E-state index is 5.70. The average Bonchev–Trinajstić information content (AvgIpc) is 2.49. The van der Waals surface area contributed by atoms with Gasteiger partial charge in [-0.05, 0) is 6.92 Å². The van der Waals surface area contributed by atoms with Gasteiger partial charge in [-0.3, -0.25) is 5.01 Å². The molecule has 0 aromatic rings. The smallest absolute Gasteiger partial charge is 0.0798 e. The molecular formula is C9H17N3O. The first kappa shape index (κ1) is 8.97. The second-order valence-electron chi connectivity index (χ2n) is 3.77. The van der Waals surface area contributed by atoms with Gasteiger partial charge >= 0.3 is 0 Å². The zero-order chi connectivity index (χ0) is 9.26. The summed E-state index contributed by atoms with van der Waals surface area (Å²) in [6.45, 7) is 4.94. The summed E-state index contributed by atoms with van der Waals surface area (Å²) < 4.78 is 5.70. The van der Waals surface area contributed by atoms with Gasteiger partial charge in [-0.15, -0.1) is 0 Å². The molecule has 2 heterocycles. The number of rotatable bonds is 1. The molecule has 1 N–H and O–H groups in total. The third-order valence-corrected chi connectivity index (χ3v) is 2.95. The summed E-state index contributed by atoms with van der Waals surface area (Å²) in [4.78, 5) is 0. The Kier molecular flexibility index (Phi) is 2.51. The van der Waals surface area contributed by atoms with Crippen LogP contribution in [-0.2, 0) is 4.74 Å². The molecule has 2 rings (SSSR count). The summed E-state index contributed by atoms with van der Waals surface area (Å²) in [5.41, 5.74) is 0. The minimum absolute atomic E-state index is 0.303. The molecule has 4 nitrogen and oxygen atoms in total. The molecule has 0 spiro atoms. The van der Waals surface area contributed by atoms with Gasteiger partial charge in [0.05, 0.1) is 18.8 Å². The lowest BCUT2D eigenvalue weighted by molar-refractivity contribution is -0.00346. The van der Waals surface area contributed by atoms with Crippen LogP contribution in [0.2, 0.25) is 0 Å². The van der Waals surface area contributed by atoms with Crippen LogP contribution in [0.4, 0.5) is 0 Å². The van der Waals surface area contributed by atoms with E-state index < -0.39 is 0 Å². The number of hydrogen-bond donors (Lipinski definition) is 1. The summed E-state index contributed by atoms with van der Waals surface area (Å²) in [5.74, 6) is 0.442. The zero-order valence-electron chi connectivity index (χ0n) is 8.23. The highest BCUT2D eigenvalue weighted by molar-refractivity contribution is 5.64. The van der Waals surface area contributed by atoms with Crippen molar-refractivity contribution in [2.24, 2.45) is 11.0 Å². The van der Waals surface area contributed by atoms with Crippen molar-refractivity contribution in [3.05, 3.63) is 0 Å². The van der Waals surface area contributed by atoms with Crippen LogP contribution in [0.3, 0.4) is 0 Å². The number of morpholine rings is 1. The molecule has 0 aromatic carbocycles. The first-order valence-electron chi connectivity index (χ1n) is 4.88. The van der Waals surface area contributed by atoms with Gasteiger partial charge in [0.2, 0.25) is 0 Å². The Morgan fingerprint density at radius 1 is 1.62 bits per heavy atom. The fourth-order valence-electron chi connectivity index (χ4n) is 1.90. The third-order valence-electron chi connectivity index (χ3n) is 2.95. The molecule has 13 heavy (non-hydrogen) atoms. The van der Waals surface area contributed by atoms with Crippen LogP contribution < -0.4 is 5.32 Å². The summed E-state index contributed by atoms with van der Waals surface area (Å²) in [7, 11) is 2.01. The lowest BCUT2D eigenvalue weighted by Crippen LogP contribution is -2.46. The second kappa shape index (κ2) is 3.64. The Balaban J connectivity index is 1.96. The minimum atomic E-state index is 0.303. The first-order chi connectivity index (χ1) is 6.29. The van der Waals surface area contributed by atoms with Crippen LogP contribution >= 0.6 is 0 Å². The van der Waals surface area contributed by atoms with Gasteiger partial charge in [-0.1, -0.05) is 0 Å². The van der Waals surface area contributed by atoms with Crippen molar-refractivity contribution in [1.29, 1.82) is 0 Å². The molecule has 0 radical (unpaired) electrons. The molecule has 0 bridgehead atoms. The molecule has 1 fully saturated rings. The van der Waals surface area contributed by atoms with Gasteiger partial charge < -0.3 is 10.1 Å². The standard InChI is InChI=1S/C9H17N3O/c1-7-8(5-11-12(7)2)9-6-10-3-4-13-9/h5,7-10H,3-4,6H2,1-2H3/t7?,8?,9-/m1/s1. The van der Waals surface area contributed by atoms with Gasteiger partial charge in [0.25, 0.3) is 0 Å². The van der Waals surface area contributed by atoms with E-state index in [1.54, 1.807) is 0 Å². The summed E-state index contributed by atoms with van der Waals surface area (Å²) >= 11 is 0. The van der Waals surface area contributed by atoms with E-state index >= 15 is 0 Å². The molecule has 0 saturated carbocycles. The second-order valence-corrected chi connectivity index (χ2v) is 3.77. The molecule has 2 aliphatic rings. The fourth-order valence-corrected chi connectivity index (χ4v) is 1.90. The maximum absolute atomic E-state index is 5.70. The molecule has 2 unspecified atom stereocenters. The van der Waals surface area contributed by atoms with Crippen LogP contribution in [0, 0.1) is 5.92 Å². The van der Waals surface area contributed by atoms with Crippen LogP contribution in [-0.4, -0.2) is 50.1 Å². The van der Waals surface area contributed by atoms with Crippen LogP contribution in [0.5, 0.6) is 0 Å². The van der Waals surface area contributed by atoms with Crippen molar-refractivity contribution < 1.29 is 4.74 Å². The Morgan fingerprint density at radius 3 is 3.00 bits per heavy atom. The van der Waals surface area contributed by atoms with Gasteiger partial charge in [-0.2, -0.15) is 5.10 Å². The highest BCUT2D eigenvalue weighted by Crippen LogP contribution is 2.21. The number of nitrogens with zero attached hydrogens (tertiary/aromatic N) is 2. The predicted octanol–water partition coefficient (Wildman–Crippen LogP) is -0.0893. The number of ether oxygens (including phenoxy) is 1. The quantitative estimate of drug-likeness (QED) is 0.617. The van der Waals surface area contributed by atoms with Crippen molar-refractivity contribution in [2.45, 2.75) is 19.1 Å². The maximum Gasteiger partial charge on any atom is 0.0798 e. The van der Waals surface area contributed by atoms with Gasteiger partial charge in [-0.25, -0.2) is 0 Å². The van der Waals surface area contributed by atoms with Crippen molar-refractivity contribution in [1.82, 2.24) is 10.3 Å². The average molecular weight is 183 g/mol. The number of hydrogen-bond acceptors (Lipinski definition) is 4. The van der Waals surface area contributed by atoms with E-state index in [2.05, 4.69) is 17.3 Å². The van der Waals surface area contributed by atoms with E-state index in [0.717, 1.165) is 19.7 Å². The first-order valence-corrected chi connectivity index (χ1v) is 4.88. The molecule has 0 aliphatic carbocycles. The Hall–Kier alpha value is -0.610. The van der Waals surface area contributed by atoms with E-state index in [-0.39, 0.29) is 0 Å². The lowest BCUT2D eigenvalue weighted by Gasteiger charge is -2.30. The van der Waals surface area contributed by atoms with Gasteiger partial charge in [0.15, 0.2) is 0 Å². The van der Waals surface area contributed by atoms with E-state index in [1.165, 1.54) is 0 Å². The summed E-state index contributed by atoms with van der Waals surface area (Å²) in [6, 6.07) is 0.463. The molecule has 2 aliphatic heterocycles. The Morgan fingerprint density at radius 2 is 2.46 bits per heavy atom. The van der Waals surface area contributed by atoms with Gasteiger partial charge in [0, 0.05) is 32.3 Å². The lowest BCUT2D eigenvalue weighted by atomic mass is 9.96. The molecule has 4 heteroatoms. The van der Waals surface area contributed by atoms with Crippen molar-refractivity contribution >= 4 is 6.21 Å². The van der Waals surface area contributed by atoms with Crippen molar-refractivity contribution in [3.8, 4) is 0 Å². The monoisotopic (exact) mass is 183 g/mol. The normalized spacial score (nSPS) is 39.8. The summed E-state index contributed by atoms with van der Waals surface area (Å²) in [5, 5.41) is 9.62. The third kappa shape index (κ3) is 1.69. The predicted molar refractivity (Wildman–Crippen MR) is 51.8 cm³/mol. The minimum Gasteiger partial charge on any atom is -0.375 e. The van der Waals surface area contributed by atoms with Crippen LogP contribution in [0.25, 0.3) is 0 Å². The highest BCUT2D eigenvalue weighted by atomic mass is 16.5. The zero-order valence-corrected chi connectivity index (χ0v) is 8.23. The van der Waals surface area contributed by atoms with E-state index in [4.69, 9.17) is 4.74 Å². The molecule has 0 aromatic heterocycles. The molecule has 74 valence electrons. The van der Waals surface area contributed by atoms with Crippen molar-refractivity contribution in [2.75, 3.05) is 26.7 Å². The Bertz CT molecular complexity index is 201. The number of nitrogens with one attached hydrogen (secondary N) is 1.